The van der Waals surface area contributed by atoms with Crippen LogP contribution in [0.25, 0.3) is 0 Å². The van der Waals surface area contributed by atoms with Gasteiger partial charge in [-0.15, -0.1) is 0 Å². The molecular formula is C27H27B2ClN4O10. The van der Waals surface area contributed by atoms with Crippen LogP contribution < -0.4 is 15.7 Å². The molecule has 0 radical (unpaired) electrons. The number of hydrogen-bond acceptors (Lipinski definition) is 14. The van der Waals surface area contributed by atoms with Crippen molar-refractivity contribution in [2.45, 2.75) is 20.6 Å². The summed E-state index contributed by atoms with van der Waals surface area (Å²) in [5.41, 5.74) is 3.45. The van der Waals surface area contributed by atoms with Crippen LogP contribution in [0, 0.1) is 0 Å². The first-order chi connectivity index (χ1) is 20.7. The molecule has 4 aromatic rings. The van der Waals surface area contributed by atoms with E-state index >= 15 is 0 Å². The molecule has 0 fully saturated rings. The second-order valence-electron chi connectivity index (χ2n) is 8.62. The van der Waals surface area contributed by atoms with E-state index in [0.717, 1.165) is 11.1 Å². The molecule has 2 aromatic heterocycles. The Morgan fingerprint density at radius 2 is 1.34 bits per heavy atom. The van der Waals surface area contributed by atoms with E-state index < -0.39 is 26.2 Å². The first-order valence-corrected chi connectivity index (χ1v) is 12.7. The van der Waals surface area contributed by atoms with Crippen LogP contribution in [0.1, 0.15) is 39.5 Å². The Hall–Kier alpha value is -4.60. The lowest BCUT2D eigenvalue weighted by Crippen LogP contribution is -2.27. The lowest BCUT2D eigenvalue weighted by molar-refractivity contribution is 0.0584. The number of phenolic OH excluding ortho intramolecular Hbond substituents is 1. The van der Waals surface area contributed by atoms with Crippen molar-refractivity contribution in [3.05, 3.63) is 88.9 Å². The highest BCUT2D eigenvalue weighted by Gasteiger charge is 2.28. The standard InChI is InChI=1S/C13H11BN2O5.C7H7BO3.C6H5ClN2O2.CH4/c1-19-13(17)11-5-16-12(6-15-11)21-9-3-2-8-7-20-14(18)10(8)4-9;9-6-2-1-5-4-11-8(10)7(5)3-6;1-11-6(10)4-2-9-5(7)3-8-4;/h2-6,18H,7H2,1H3;1-3,9-10H,4H2;2-3H,1H3;1H4. The van der Waals surface area contributed by atoms with E-state index in [4.69, 9.17) is 30.8 Å². The fraction of sp³-hybridized carbons (Fsp3) is 0.185. The summed E-state index contributed by atoms with van der Waals surface area (Å²) in [6.07, 6.45) is 5.14. The normalized spacial score (nSPS) is 12.3. The van der Waals surface area contributed by atoms with Crippen LogP contribution in [0.3, 0.4) is 0 Å². The van der Waals surface area contributed by atoms with Gasteiger partial charge in [-0.3, -0.25) is 0 Å². The summed E-state index contributed by atoms with van der Waals surface area (Å²) in [7, 11) is 0.749. The number of esters is 2. The molecule has 6 rings (SSSR count). The van der Waals surface area contributed by atoms with Crippen molar-refractivity contribution in [3.8, 4) is 17.4 Å². The minimum atomic E-state index is -0.934. The lowest BCUT2D eigenvalue weighted by Gasteiger charge is -2.06. The summed E-state index contributed by atoms with van der Waals surface area (Å²) >= 11 is 5.43. The van der Waals surface area contributed by atoms with Crippen LogP contribution in [0.15, 0.2) is 61.2 Å². The number of phenols is 1. The van der Waals surface area contributed by atoms with Gasteiger partial charge in [-0.2, -0.15) is 0 Å². The number of benzene rings is 2. The number of aromatic nitrogens is 4. The molecule has 4 heterocycles. The number of ether oxygens (including phenoxy) is 3. The van der Waals surface area contributed by atoms with Crippen LogP contribution in [0.4, 0.5) is 0 Å². The molecule has 2 aromatic carbocycles. The van der Waals surface area contributed by atoms with Gasteiger partial charge < -0.3 is 38.7 Å². The average Bonchev–Trinajstić information content (AvgIpc) is 3.59. The number of methoxy groups -OCH3 is 2. The molecule has 44 heavy (non-hydrogen) atoms. The minimum Gasteiger partial charge on any atom is -0.508 e. The van der Waals surface area contributed by atoms with E-state index in [1.165, 1.54) is 45.1 Å². The second-order valence-corrected chi connectivity index (χ2v) is 9.01. The molecular weight excluding hydrogens is 597 g/mol. The number of carbonyl (C=O) groups is 2. The maximum Gasteiger partial charge on any atom is 0.491 e. The fourth-order valence-corrected chi connectivity index (χ4v) is 3.78. The molecule has 14 nitrogen and oxygen atoms in total. The monoisotopic (exact) mass is 624 g/mol. The smallest absolute Gasteiger partial charge is 0.491 e. The Labute approximate surface area is 257 Å². The summed E-state index contributed by atoms with van der Waals surface area (Å²) < 4.78 is 24.5. The van der Waals surface area contributed by atoms with E-state index in [0.29, 0.717) is 29.9 Å². The van der Waals surface area contributed by atoms with Crippen molar-refractivity contribution in [1.29, 1.82) is 0 Å². The van der Waals surface area contributed by atoms with Crippen LogP contribution in [-0.2, 0) is 32.0 Å². The van der Waals surface area contributed by atoms with Crippen LogP contribution >= 0.6 is 11.6 Å². The molecule has 0 unspecified atom stereocenters. The van der Waals surface area contributed by atoms with Crippen molar-refractivity contribution in [2.75, 3.05) is 14.2 Å². The molecule has 0 amide bonds. The van der Waals surface area contributed by atoms with E-state index in [1.807, 2.05) is 6.07 Å². The zero-order chi connectivity index (χ0) is 30.9. The molecule has 0 atom stereocenters. The zero-order valence-electron chi connectivity index (χ0n) is 22.7. The third-order valence-corrected chi connectivity index (χ3v) is 6.03. The highest BCUT2D eigenvalue weighted by Crippen LogP contribution is 2.21. The fourth-order valence-electron chi connectivity index (χ4n) is 3.68. The molecule has 2 aliphatic rings. The van der Waals surface area contributed by atoms with Crippen molar-refractivity contribution in [2.24, 2.45) is 0 Å². The summed E-state index contributed by atoms with van der Waals surface area (Å²) in [4.78, 5) is 37.2. The Bertz CT molecular complexity index is 1580. The first kappa shape index (κ1) is 33.9. The van der Waals surface area contributed by atoms with Crippen molar-refractivity contribution in [3.63, 3.8) is 0 Å². The number of carbonyl (C=O) groups excluding carboxylic acids is 2. The van der Waals surface area contributed by atoms with Crippen molar-refractivity contribution < 1.29 is 48.3 Å². The Morgan fingerprint density at radius 1 is 0.795 bits per heavy atom. The number of aromatic hydroxyl groups is 1. The van der Waals surface area contributed by atoms with Gasteiger partial charge in [0.2, 0.25) is 5.88 Å². The van der Waals surface area contributed by atoms with Crippen LogP contribution in [0.5, 0.6) is 17.4 Å². The van der Waals surface area contributed by atoms with Gasteiger partial charge in [-0.25, -0.2) is 29.5 Å². The third kappa shape index (κ3) is 8.72. The molecule has 228 valence electrons. The molecule has 0 saturated heterocycles. The van der Waals surface area contributed by atoms with Crippen LogP contribution in [-0.4, -0.2) is 75.5 Å². The number of fused-ring (bicyclic) bond motifs is 2. The Kier molecular flexibility index (Phi) is 12.1. The molecule has 0 saturated carbocycles. The van der Waals surface area contributed by atoms with E-state index in [2.05, 4.69) is 29.4 Å². The predicted molar refractivity (Wildman–Crippen MR) is 158 cm³/mol. The van der Waals surface area contributed by atoms with E-state index in [-0.39, 0.29) is 35.6 Å². The van der Waals surface area contributed by atoms with E-state index in [9.17, 15) is 19.6 Å². The van der Waals surface area contributed by atoms with Gasteiger partial charge in [0.25, 0.3) is 0 Å². The topological polar surface area (TPSA) is 193 Å². The number of halogens is 1. The third-order valence-electron chi connectivity index (χ3n) is 5.83. The SMILES string of the molecule is C.COC(=O)c1cnc(Cl)cn1.COC(=O)c1cnc(Oc2ccc3c(c2)B(O)OC3)cn1.OB1OCc2ccc(O)cc21. The van der Waals surface area contributed by atoms with Gasteiger partial charge in [0.05, 0.1) is 52.2 Å². The van der Waals surface area contributed by atoms with Crippen molar-refractivity contribution >= 4 is 48.7 Å². The predicted octanol–water partition coefficient (Wildman–Crippen LogP) is 1.44. The minimum absolute atomic E-state index is 0. The highest BCUT2D eigenvalue weighted by atomic mass is 35.5. The quantitative estimate of drug-likeness (QED) is 0.218. The van der Waals surface area contributed by atoms with Gasteiger partial charge in [-0.05, 0) is 46.3 Å². The highest BCUT2D eigenvalue weighted by molar-refractivity contribution is 6.62. The summed E-state index contributed by atoms with van der Waals surface area (Å²) in [5.74, 6) is -0.191. The Morgan fingerprint density at radius 3 is 1.86 bits per heavy atom. The zero-order valence-corrected chi connectivity index (χ0v) is 23.5. The maximum absolute atomic E-state index is 11.2. The maximum atomic E-state index is 11.2. The van der Waals surface area contributed by atoms with Gasteiger partial charge in [0.1, 0.15) is 16.7 Å². The lowest BCUT2D eigenvalue weighted by atomic mass is 9.79. The molecule has 17 heteroatoms. The summed E-state index contributed by atoms with van der Waals surface area (Å²) in [6, 6.07) is 10.1. The molecule has 0 bridgehead atoms. The second kappa shape index (κ2) is 15.7. The van der Waals surface area contributed by atoms with Gasteiger partial charge in [-0.1, -0.05) is 31.2 Å². The first-order valence-electron chi connectivity index (χ1n) is 12.4. The molecule has 0 aliphatic carbocycles. The van der Waals surface area contributed by atoms with Crippen LogP contribution in [0.2, 0.25) is 5.15 Å². The molecule has 3 N–H and O–H groups in total. The Balaban J connectivity index is 0.000000195. The van der Waals surface area contributed by atoms with Crippen molar-refractivity contribution in [1.82, 2.24) is 19.9 Å². The largest absolute Gasteiger partial charge is 0.508 e. The van der Waals surface area contributed by atoms with Gasteiger partial charge >= 0.3 is 26.2 Å². The van der Waals surface area contributed by atoms with Gasteiger partial charge in [0.15, 0.2) is 11.4 Å². The van der Waals surface area contributed by atoms with E-state index in [1.54, 1.807) is 24.3 Å². The number of hydrogen-bond donors (Lipinski definition) is 3. The average molecular weight is 625 g/mol. The summed E-state index contributed by atoms with van der Waals surface area (Å²) in [6.45, 7) is 0.807. The molecule has 2 aliphatic heterocycles. The number of rotatable bonds is 4. The number of nitrogens with zero attached hydrogens (tertiary/aromatic N) is 4. The van der Waals surface area contributed by atoms with Gasteiger partial charge in [0, 0.05) is 0 Å². The molecule has 0 spiro atoms. The summed E-state index contributed by atoms with van der Waals surface area (Å²) in [5, 5.41) is 28.1.